The average molecular weight is 341 g/mol. The molecule has 0 saturated carbocycles. The molecule has 0 aliphatic carbocycles. The number of hydrogen-bond donors (Lipinski definition) is 1. The number of carboxylic acids is 1. The third-order valence-corrected chi connectivity index (χ3v) is 3.15. The number of methoxy groups -OCH3 is 1. The first-order chi connectivity index (χ1) is 9.51. The molecule has 0 radical (unpaired) electrons. The van der Waals surface area contributed by atoms with E-state index in [9.17, 15) is 9.18 Å². The molecule has 6 heteroatoms. The number of benzene rings is 2. The van der Waals surface area contributed by atoms with E-state index >= 15 is 0 Å². The first-order valence-electron chi connectivity index (χ1n) is 5.55. The molecule has 2 aromatic rings. The highest BCUT2D eigenvalue weighted by molar-refractivity contribution is 9.10. The normalized spacial score (nSPS) is 10.2. The zero-order valence-electron chi connectivity index (χ0n) is 10.4. The van der Waals surface area contributed by atoms with E-state index in [1.165, 1.54) is 13.2 Å². The van der Waals surface area contributed by atoms with Crippen LogP contribution < -0.4 is 9.47 Å². The highest BCUT2D eigenvalue weighted by atomic mass is 79.9. The highest BCUT2D eigenvalue weighted by Crippen LogP contribution is 2.34. The Balaban J connectivity index is 2.37. The summed E-state index contributed by atoms with van der Waals surface area (Å²) in [6, 6.07) is 8.30. The molecule has 2 aromatic carbocycles. The Morgan fingerprint density at radius 2 is 1.90 bits per heavy atom. The SMILES string of the molecule is COc1ccc(Oc2ccc(F)cc2C(=O)O)c(Br)c1. The summed E-state index contributed by atoms with van der Waals surface area (Å²) in [5.74, 6) is -0.806. The van der Waals surface area contributed by atoms with Crippen LogP contribution in [0, 0.1) is 5.82 Å². The summed E-state index contributed by atoms with van der Waals surface area (Å²) in [5, 5.41) is 9.04. The zero-order valence-corrected chi connectivity index (χ0v) is 12.0. The van der Waals surface area contributed by atoms with Crippen molar-refractivity contribution in [1.29, 1.82) is 0 Å². The van der Waals surface area contributed by atoms with Crippen LogP contribution in [-0.4, -0.2) is 18.2 Å². The molecule has 4 nitrogen and oxygen atoms in total. The minimum atomic E-state index is -1.26. The maximum absolute atomic E-state index is 13.1. The first-order valence-corrected chi connectivity index (χ1v) is 6.35. The minimum absolute atomic E-state index is 0.0600. The molecule has 0 aliphatic heterocycles. The first kappa shape index (κ1) is 14.3. The lowest BCUT2D eigenvalue weighted by Gasteiger charge is -2.11. The van der Waals surface area contributed by atoms with Gasteiger partial charge < -0.3 is 14.6 Å². The Kier molecular flexibility index (Phi) is 4.24. The standard InChI is InChI=1S/C14H10BrFO4/c1-19-9-3-5-13(11(15)7-9)20-12-4-2-8(16)6-10(12)14(17)18/h2-7H,1H3,(H,17,18). The molecule has 20 heavy (non-hydrogen) atoms. The van der Waals surface area contributed by atoms with Crippen molar-refractivity contribution in [3.8, 4) is 17.2 Å². The van der Waals surface area contributed by atoms with Crippen LogP contribution in [0.1, 0.15) is 10.4 Å². The van der Waals surface area contributed by atoms with Crippen molar-refractivity contribution < 1.29 is 23.8 Å². The van der Waals surface area contributed by atoms with E-state index in [0.29, 0.717) is 16.0 Å². The molecule has 1 N–H and O–H groups in total. The monoisotopic (exact) mass is 340 g/mol. The lowest BCUT2D eigenvalue weighted by Crippen LogP contribution is -2.01. The third kappa shape index (κ3) is 3.08. The maximum Gasteiger partial charge on any atom is 0.339 e. The molecular weight excluding hydrogens is 331 g/mol. The van der Waals surface area contributed by atoms with E-state index in [4.69, 9.17) is 14.6 Å². The van der Waals surface area contributed by atoms with Gasteiger partial charge >= 0.3 is 5.97 Å². The van der Waals surface area contributed by atoms with Gasteiger partial charge in [-0.3, -0.25) is 0 Å². The molecule has 0 fully saturated rings. The van der Waals surface area contributed by atoms with E-state index in [0.717, 1.165) is 12.1 Å². The van der Waals surface area contributed by atoms with Crippen molar-refractivity contribution in [3.05, 3.63) is 52.3 Å². The quantitative estimate of drug-likeness (QED) is 0.910. The van der Waals surface area contributed by atoms with E-state index in [2.05, 4.69) is 15.9 Å². The van der Waals surface area contributed by atoms with Gasteiger partial charge in [0.2, 0.25) is 0 Å². The van der Waals surface area contributed by atoms with Crippen molar-refractivity contribution in [3.63, 3.8) is 0 Å². The van der Waals surface area contributed by atoms with Gasteiger partial charge in [0.15, 0.2) is 0 Å². The van der Waals surface area contributed by atoms with Gasteiger partial charge in [-0.15, -0.1) is 0 Å². The van der Waals surface area contributed by atoms with Gasteiger partial charge in [0, 0.05) is 0 Å². The summed E-state index contributed by atoms with van der Waals surface area (Å²) >= 11 is 3.29. The number of rotatable bonds is 4. The Morgan fingerprint density at radius 1 is 1.20 bits per heavy atom. The molecule has 0 bridgehead atoms. The third-order valence-electron chi connectivity index (χ3n) is 2.53. The summed E-state index contributed by atoms with van der Waals surface area (Å²) in [5.41, 5.74) is -0.243. The molecule has 104 valence electrons. The average Bonchev–Trinajstić information content (AvgIpc) is 2.42. The molecule has 0 spiro atoms. The number of halogens is 2. The van der Waals surface area contributed by atoms with Gasteiger partial charge in [0.25, 0.3) is 0 Å². The van der Waals surface area contributed by atoms with E-state index in [1.807, 2.05) is 0 Å². The maximum atomic E-state index is 13.1. The Bertz CT molecular complexity index is 658. The molecule has 0 aromatic heterocycles. The van der Waals surface area contributed by atoms with Crippen molar-refractivity contribution in [2.75, 3.05) is 7.11 Å². The van der Waals surface area contributed by atoms with Gasteiger partial charge in [-0.1, -0.05) is 0 Å². The van der Waals surface area contributed by atoms with Crippen molar-refractivity contribution >= 4 is 21.9 Å². The van der Waals surface area contributed by atoms with Gasteiger partial charge in [-0.05, 0) is 52.3 Å². The largest absolute Gasteiger partial charge is 0.497 e. The Labute approximate surface area is 122 Å². The highest BCUT2D eigenvalue weighted by Gasteiger charge is 2.14. The fourth-order valence-corrected chi connectivity index (χ4v) is 2.01. The van der Waals surface area contributed by atoms with Crippen molar-refractivity contribution in [2.24, 2.45) is 0 Å². The second-order valence-electron chi connectivity index (χ2n) is 3.84. The zero-order chi connectivity index (χ0) is 14.7. The van der Waals surface area contributed by atoms with E-state index in [-0.39, 0.29) is 11.3 Å². The molecule has 0 aliphatic rings. The smallest absolute Gasteiger partial charge is 0.339 e. The predicted molar refractivity (Wildman–Crippen MR) is 74.1 cm³/mol. The van der Waals surface area contributed by atoms with Crippen LogP contribution in [0.25, 0.3) is 0 Å². The summed E-state index contributed by atoms with van der Waals surface area (Å²) in [6.45, 7) is 0. The second kappa shape index (κ2) is 5.92. The molecule has 0 amide bonds. The Hall–Kier alpha value is -2.08. The van der Waals surface area contributed by atoms with Crippen LogP contribution in [0.3, 0.4) is 0 Å². The topological polar surface area (TPSA) is 55.8 Å². The summed E-state index contributed by atoms with van der Waals surface area (Å²) in [6.07, 6.45) is 0. The fourth-order valence-electron chi connectivity index (χ4n) is 1.57. The lowest BCUT2D eigenvalue weighted by atomic mass is 10.2. The van der Waals surface area contributed by atoms with Crippen LogP contribution in [-0.2, 0) is 0 Å². The van der Waals surface area contributed by atoms with Crippen LogP contribution in [0.15, 0.2) is 40.9 Å². The van der Waals surface area contributed by atoms with Crippen LogP contribution in [0.4, 0.5) is 4.39 Å². The van der Waals surface area contributed by atoms with Crippen molar-refractivity contribution in [1.82, 2.24) is 0 Å². The van der Waals surface area contributed by atoms with Gasteiger partial charge in [0.05, 0.1) is 11.6 Å². The van der Waals surface area contributed by atoms with E-state index < -0.39 is 11.8 Å². The van der Waals surface area contributed by atoms with Crippen LogP contribution >= 0.6 is 15.9 Å². The fraction of sp³-hybridized carbons (Fsp3) is 0.0714. The minimum Gasteiger partial charge on any atom is -0.497 e. The molecule has 0 heterocycles. The predicted octanol–water partition coefficient (Wildman–Crippen LogP) is 4.09. The lowest BCUT2D eigenvalue weighted by molar-refractivity contribution is 0.0693. The van der Waals surface area contributed by atoms with Gasteiger partial charge in [0.1, 0.15) is 28.6 Å². The Morgan fingerprint density at radius 3 is 2.50 bits per heavy atom. The van der Waals surface area contributed by atoms with Gasteiger partial charge in [-0.2, -0.15) is 0 Å². The number of carbonyl (C=O) groups is 1. The van der Waals surface area contributed by atoms with Crippen LogP contribution in [0.2, 0.25) is 0 Å². The summed E-state index contributed by atoms with van der Waals surface area (Å²) < 4.78 is 24.2. The molecule has 0 unspecified atom stereocenters. The molecule has 0 atom stereocenters. The number of hydrogen-bond acceptors (Lipinski definition) is 3. The van der Waals surface area contributed by atoms with Gasteiger partial charge in [-0.25, -0.2) is 9.18 Å². The van der Waals surface area contributed by atoms with Crippen molar-refractivity contribution in [2.45, 2.75) is 0 Å². The number of ether oxygens (including phenoxy) is 2. The van der Waals surface area contributed by atoms with E-state index in [1.54, 1.807) is 18.2 Å². The molecule has 2 rings (SSSR count). The number of carboxylic acid groups (broad SMARTS) is 1. The summed E-state index contributed by atoms with van der Waals surface area (Å²) in [4.78, 5) is 11.1. The number of aromatic carboxylic acids is 1. The molecular formula is C14H10BrFO4. The second-order valence-corrected chi connectivity index (χ2v) is 4.70. The molecule has 0 saturated heterocycles. The van der Waals surface area contributed by atoms with Crippen LogP contribution in [0.5, 0.6) is 17.2 Å². The summed E-state index contributed by atoms with van der Waals surface area (Å²) in [7, 11) is 1.53.